The zero-order valence-electron chi connectivity index (χ0n) is 15.7. The van der Waals surface area contributed by atoms with E-state index in [0.717, 1.165) is 16.8 Å². The van der Waals surface area contributed by atoms with Crippen LogP contribution in [0.3, 0.4) is 0 Å². The minimum absolute atomic E-state index is 0.0692. The maximum absolute atomic E-state index is 12.2. The SMILES string of the molecule is COC(=O)Cc1ccc(OCC(=O)Nc2ccccc2C(C)(C)C)cc1. The Morgan fingerprint density at radius 1 is 1.00 bits per heavy atom. The molecule has 5 heteroatoms. The van der Waals surface area contributed by atoms with Gasteiger partial charge in [-0.05, 0) is 34.7 Å². The van der Waals surface area contributed by atoms with Gasteiger partial charge in [0.05, 0.1) is 13.5 Å². The molecule has 1 amide bonds. The first-order valence-electron chi connectivity index (χ1n) is 8.47. The number of carbonyl (C=O) groups excluding carboxylic acids is 2. The van der Waals surface area contributed by atoms with Gasteiger partial charge in [0.15, 0.2) is 6.61 Å². The van der Waals surface area contributed by atoms with Gasteiger partial charge in [0.1, 0.15) is 5.75 Å². The number of carbonyl (C=O) groups is 2. The van der Waals surface area contributed by atoms with Crippen LogP contribution in [0.15, 0.2) is 48.5 Å². The van der Waals surface area contributed by atoms with Crippen LogP contribution in [0.25, 0.3) is 0 Å². The lowest BCUT2D eigenvalue weighted by atomic mass is 9.86. The van der Waals surface area contributed by atoms with Crippen molar-refractivity contribution in [2.24, 2.45) is 0 Å². The molecule has 2 aromatic rings. The summed E-state index contributed by atoms with van der Waals surface area (Å²) in [6.07, 6.45) is 0.209. The summed E-state index contributed by atoms with van der Waals surface area (Å²) in [4.78, 5) is 23.5. The van der Waals surface area contributed by atoms with Crippen LogP contribution in [0, 0.1) is 0 Å². The highest BCUT2D eigenvalue weighted by molar-refractivity contribution is 5.92. The van der Waals surface area contributed by atoms with Crippen molar-refractivity contribution in [3.8, 4) is 5.75 Å². The summed E-state index contributed by atoms with van der Waals surface area (Å²) >= 11 is 0. The number of ether oxygens (including phenoxy) is 2. The molecular formula is C21H25NO4. The Labute approximate surface area is 154 Å². The summed E-state index contributed by atoms with van der Waals surface area (Å²) in [6, 6.07) is 14.8. The monoisotopic (exact) mass is 355 g/mol. The highest BCUT2D eigenvalue weighted by Gasteiger charge is 2.18. The highest BCUT2D eigenvalue weighted by atomic mass is 16.5. The van der Waals surface area contributed by atoms with Gasteiger partial charge < -0.3 is 14.8 Å². The van der Waals surface area contributed by atoms with Gasteiger partial charge >= 0.3 is 5.97 Å². The number of benzene rings is 2. The van der Waals surface area contributed by atoms with Gasteiger partial charge in [-0.15, -0.1) is 0 Å². The fraction of sp³-hybridized carbons (Fsp3) is 0.333. The topological polar surface area (TPSA) is 64.6 Å². The van der Waals surface area contributed by atoms with Crippen LogP contribution in [-0.4, -0.2) is 25.6 Å². The molecule has 5 nitrogen and oxygen atoms in total. The quantitative estimate of drug-likeness (QED) is 0.802. The largest absolute Gasteiger partial charge is 0.484 e. The molecule has 0 aliphatic rings. The van der Waals surface area contributed by atoms with E-state index in [-0.39, 0.29) is 30.3 Å². The molecule has 0 radical (unpaired) electrons. The number of amides is 1. The van der Waals surface area contributed by atoms with E-state index in [9.17, 15) is 9.59 Å². The molecule has 2 rings (SSSR count). The molecule has 0 atom stereocenters. The number of hydrogen-bond donors (Lipinski definition) is 1. The maximum Gasteiger partial charge on any atom is 0.309 e. The first-order chi connectivity index (χ1) is 12.3. The first kappa shape index (κ1) is 19.5. The molecule has 0 aromatic heterocycles. The van der Waals surface area contributed by atoms with Gasteiger partial charge in [-0.3, -0.25) is 9.59 Å². The molecule has 138 valence electrons. The average Bonchev–Trinajstić information content (AvgIpc) is 2.60. The third kappa shape index (κ3) is 5.62. The van der Waals surface area contributed by atoms with E-state index in [1.165, 1.54) is 7.11 Å². The van der Waals surface area contributed by atoms with Crippen molar-refractivity contribution in [1.82, 2.24) is 0 Å². The zero-order chi connectivity index (χ0) is 19.2. The van der Waals surface area contributed by atoms with Crippen molar-refractivity contribution < 1.29 is 19.1 Å². The van der Waals surface area contributed by atoms with Gasteiger partial charge in [-0.2, -0.15) is 0 Å². The Morgan fingerprint density at radius 2 is 1.65 bits per heavy atom. The average molecular weight is 355 g/mol. The number of anilines is 1. The number of para-hydroxylation sites is 1. The third-order valence-electron chi connectivity index (χ3n) is 3.88. The number of nitrogens with one attached hydrogen (secondary N) is 1. The summed E-state index contributed by atoms with van der Waals surface area (Å²) in [5, 5.41) is 2.91. The van der Waals surface area contributed by atoms with Gasteiger partial charge in [0, 0.05) is 5.69 Å². The normalized spacial score (nSPS) is 10.9. The van der Waals surface area contributed by atoms with Crippen molar-refractivity contribution in [3.05, 3.63) is 59.7 Å². The van der Waals surface area contributed by atoms with E-state index < -0.39 is 0 Å². The molecule has 0 fully saturated rings. The van der Waals surface area contributed by atoms with Gasteiger partial charge in [0.2, 0.25) is 0 Å². The summed E-state index contributed by atoms with van der Waals surface area (Å²) < 4.78 is 10.2. The predicted molar refractivity (Wildman–Crippen MR) is 101 cm³/mol. The number of esters is 1. The van der Waals surface area contributed by atoms with Gasteiger partial charge in [-0.25, -0.2) is 0 Å². The molecule has 0 saturated carbocycles. The summed E-state index contributed by atoms with van der Waals surface area (Å²) in [5.74, 6) is 0.0498. The lowest BCUT2D eigenvalue weighted by molar-refractivity contribution is -0.139. The molecule has 0 aliphatic carbocycles. The van der Waals surface area contributed by atoms with Crippen molar-refractivity contribution in [2.45, 2.75) is 32.6 Å². The Kier molecular flexibility index (Phi) is 6.39. The summed E-state index contributed by atoms with van der Waals surface area (Å²) in [7, 11) is 1.36. The van der Waals surface area contributed by atoms with Crippen LogP contribution in [0.5, 0.6) is 5.75 Å². The zero-order valence-corrected chi connectivity index (χ0v) is 15.7. The van der Waals surface area contributed by atoms with Crippen molar-refractivity contribution >= 4 is 17.6 Å². The molecular weight excluding hydrogens is 330 g/mol. The standard InChI is InChI=1S/C21H25NO4/c1-21(2,3)17-7-5-6-8-18(17)22-19(23)14-26-16-11-9-15(10-12-16)13-20(24)25-4/h5-12H,13-14H2,1-4H3,(H,22,23). The minimum Gasteiger partial charge on any atom is -0.484 e. The predicted octanol–water partition coefficient (Wildman–Crippen LogP) is 3.72. The number of hydrogen-bond acceptors (Lipinski definition) is 4. The molecule has 0 unspecified atom stereocenters. The lowest BCUT2D eigenvalue weighted by Crippen LogP contribution is -2.23. The third-order valence-corrected chi connectivity index (χ3v) is 3.88. The number of rotatable bonds is 6. The molecule has 0 saturated heterocycles. The van der Waals surface area contributed by atoms with Crippen LogP contribution in [0.2, 0.25) is 0 Å². The first-order valence-corrected chi connectivity index (χ1v) is 8.47. The van der Waals surface area contributed by atoms with E-state index in [2.05, 4.69) is 30.8 Å². The Morgan fingerprint density at radius 3 is 2.27 bits per heavy atom. The van der Waals surface area contributed by atoms with E-state index in [0.29, 0.717) is 5.75 Å². The summed E-state index contributed by atoms with van der Waals surface area (Å²) in [5.41, 5.74) is 2.62. The molecule has 0 spiro atoms. The van der Waals surface area contributed by atoms with Crippen LogP contribution in [-0.2, 0) is 26.2 Å². The molecule has 2 aromatic carbocycles. The van der Waals surface area contributed by atoms with Gasteiger partial charge in [0.25, 0.3) is 5.91 Å². The van der Waals surface area contributed by atoms with E-state index in [4.69, 9.17) is 4.74 Å². The lowest BCUT2D eigenvalue weighted by Gasteiger charge is -2.23. The van der Waals surface area contributed by atoms with E-state index in [1.807, 2.05) is 24.3 Å². The molecule has 0 aliphatic heterocycles. The van der Waals surface area contributed by atoms with E-state index in [1.54, 1.807) is 24.3 Å². The second-order valence-electron chi connectivity index (χ2n) is 7.03. The van der Waals surface area contributed by atoms with Crippen LogP contribution in [0.1, 0.15) is 31.9 Å². The highest BCUT2D eigenvalue weighted by Crippen LogP contribution is 2.29. The molecule has 0 bridgehead atoms. The Bertz CT molecular complexity index is 760. The van der Waals surface area contributed by atoms with Gasteiger partial charge in [-0.1, -0.05) is 51.1 Å². The van der Waals surface area contributed by atoms with Crippen molar-refractivity contribution in [2.75, 3.05) is 19.0 Å². The Balaban J connectivity index is 1.93. The fourth-order valence-electron chi connectivity index (χ4n) is 2.52. The molecule has 1 N–H and O–H groups in total. The van der Waals surface area contributed by atoms with Crippen molar-refractivity contribution in [3.63, 3.8) is 0 Å². The Hall–Kier alpha value is -2.82. The van der Waals surface area contributed by atoms with Crippen LogP contribution in [0.4, 0.5) is 5.69 Å². The molecule has 26 heavy (non-hydrogen) atoms. The van der Waals surface area contributed by atoms with E-state index >= 15 is 0 Å². The minimum atomic E-state index is -0.296. The van der Waals surface area contributed by atoms with Crippen LogP contribution < -0.4 is 10.1 Å². The summed E-state index contributed by atoms with van der Waals surface area (Å²) in [6.45, 7) is 6.22. The maximum atomic E-state index is 12.2. The van der Waals surface area contributed by atoms with Crippen LogP contribution >= 0.6 is 0 Å². The van der Waals surface area contributed by atoms with Crippen molar-refractivity contribution in [1.29, 1.82) is 0 Å². The fourth-order valence-corrected chi connectivity index (χ4v) is 2.52. The smallest absolute Gasteiger partial charge is 0.309 e. The number of methoxy groups -OCH3 is 1. The second kappa shape index (κ2) is 8.52. The molecule has 0 heterocycles. The second-order valence-corrected chi connectivity index (χ2v) is 7.03.